The van der Waals surface area contributed by atoms with Crippen LogP contribution in [0.5, 0.6) is 0 Å². The first-order chi connectivity index (χ1) is 6.16. The van der Waals surface area contributed by atoms with Crippen molar-refractivity contribution in [2.45, 2.75) is 32.2 Å². The second kappa shape index (κ2) is 3.56. The molecule has 1 aliphatic rings. The molecular formula is C8H13NO3. The average Bonchev–Trinajstić information content (AvgIpc) is 2.16. The van der Waals surface area contributed by atoms with E-state index in [0.29, 0.717) is 13.0 Å². The van der Waals surface area contributed by atoms with Gasteiger partial charge >= 0.3 is 5.97 Å². The van der Waals surface area contributed by atoms with E-state index < -0.39 is 12.0 Å². The van der Waals surface area contributed by atoms with Crippen LogP contribution in [0.15, 0.2) is 0 Å². The number of hydrogen-bond donors (Lipinski definition) is 1. The fourth-order valence-corrected chi connectivity index (χ4v) is 1.49. The van der Waals surface area contributed by atoms with Crippen LogP contribution in [0, 0.1) is 0 Å². The highest BCUT2D eigenvalue weighted by Gasteiger charge is 2.29. The van der Waals surface area contributed by atoms with Crippen molar-refractivity contribution in [1.29, 1.82) is 0 Å². The van der Waals surface area contributed by atoms with Crippen molar-refractivity contribution in [1.82, 2.24) is 4.90 Å². The molecule has 0 unspecified atom stereocenters. The van der Waals surface area contributed by atoms with Crippen molar-refractivity contribution >= 4 is 11.9 Å². The highest BCUT2D eigenvalue weighted by molar-refractivity contribution is 5.82. The van der Waals surface area contributed by atoms with E-state index in [2.05, 4.69) is 0 Å². The summed E-state index contributed by atoms with van der Waals surface area (Å²) < 4.78 is 6.89. The lowest BCUT2D eigenvalue weighted by Crippen LogP contribution is -2.46. The Hall–Kier alpha value is -1.06. The largest absolute Gasteiger partial charge is 0.480 e. The smallest absolute Gasteiger partial charge is 0.326 e. The Labute approximate surface area is 72.6 Å². The lowest BCUT2D eigenvalue weighted by molar-refractivity contribution is -0.151. The number of piperidine rings is 1. The van der Waals surface area contributed by atoms with Crippen molar-refractivity contribution in [3.8, 4) is 0 Å². The molecule has 0 spiro atoms. The molecule has 0 bridgehead atoms. The minimum absolute atomic E-state index is 0.357. The summed E-state index contributed by atoms with van der Waals surface area (Å²) in [6, 6.07) is -0.702. The predicted octanol–water partition coefficient (Wildman–Crippen LogP) is 0.472. The average molecular weight is 172 g/mol. The summed E-state index contributed by atoms with van der Waals surface area (Å²) >= 11 is 0. The molecule has 0 aromatic heterocycles. The van der Waals surface area contributed by atoms with Gasteiger partial charge in [-0.2, -0.15) is 0 Å². The van der Waals surface area contributed by atoms with Crippen LogP contribution >= 0.6 is 0 Å². The molecule has 0 aliphatic carbocycles. The molecule has 0 radical (unpaired) electrons. The molecule has 0 saturated carbocycles. The van der Waals surface area contributed by atoms with Crippen LogP contribution in [-0.2, 0) is 9.59 Å². The molecule has 4 nitrogen and oxygen atoms in total. The van der Waals surface area contributed by atoms with E-state index >= 15 is 0 Å². The van der Waals surface area contributed by atoms with Gasteiger partial charge in [0.25, 0.3) is 0 Å². The van der Waals surface area contributed by atoms with Crippen LogP contribution in [0.2, 0.25) is 0 Å². The third-order valence-electron chi connectivity index (χ3n) is 2.11. The second-order valence-electron chi connectivity index (χ2n) is 2.94. The first-order valence-electron chi connectivity index (χ1n) is 4.69. The monoisotopic (exact) mass is 172 g/mol. The van der Waals surface area contributed by atoms with Crippen molar-refractivity contribution in [2.24, 2.45) is 0 Å². The Morgan fingerprint density at radius 1 is 1.58 bits per heavy atom. The van der Waals surface area contributed by atoms with Crippen molar-refractivity contribution in [3.05, 3.63) is 0 Å². The summed E-state index contributed by atoms with van der Waals surface area (Å²) in [4.78, 5) is 23.2. The number of rotatable bonds is 1. The summed E-state index contributed by atoms with van der Waals surface area (Å²) in [5, 5.41) is 8.80. The quantitative estimate of drug-likeness (QED) is 0.625. The number of nitrogens with zero attached hydrogens (tertiary/aromatic N) is 1. The van der Waals surface area contributed by atoms with Gasteiger partial charge in [0.1, 0.15) is 6.04 Å². The van der Waals surface area contributed by atoms with Crippen LogP contribution < -0.4 is 0 Å². The molecule has 1 saturated heterocycles. The first-order valence-corrected chi connectivity index (χ1v) is 3.98. The molecule has 4 heteroatoms. The van der Waals surface area contributed by atoms with Crippen molar-refractivity contribution in [3.63, 3.8) is 0 Å². The van der Waals surface area contributed by atoms with E-state index in [1.807, 2.05) is 0 Å². The summed E-state index contributed by atoms with van der Waals surface area (Å²) in [7, 11) is 0. The van der Waals surface area contributed by atoms with Gasteiger partial charge in [-0.25, -0.2) is 4.79 Å². The SMILES string of the molecule is [2H]CC(=O)N1CCCC[C@H]1C(=O)O. The van der Waals surface area contributed by atoms with E-state index in [1.165, 1.54) is 4.90 Å². The minimum Gasteiger partial charge on any atom is -0.480 e. The van der Waals surface area contributed by atoms with Gasteiger partial charge in [-0.1, -0.05) is 0 Å². The number of likely N-dealkylation sites (tertiary alicyclic amines) is 1. The molecule has 68 valence electrons. The molecule has 1 amide bonds. The topological polar surface area (TPSA) is 57.6 Å². The van der Waals surface area contributed by atoms with Gasteiger partial charge in [-0.3, -0.25) is 4.79 Å². The number of aliphatic carboxylic acids is 1. The van der Waals surface area contributed by atoms with Gasteiger partial charge in [0.05, 0.1) is 0 Å². The molecule has 1 rings (SSSR count). The van der Waals surface area contributed by atoms with Gasteiger partial charge in [0.15, 0.2) is 0 Å². The summed E-state index contributed by atoms with van der Waals surface area (Å²) in [5.41, 5.74) is 0. The Morgan fingerprint density at radius 3 is 2.92 bits per heavy atom. The number of hydrogen-bond acceptors (Lipinski definition) is 2. The van der Waals surface area contributed by atoms with E-state index in [9.17, 15) is 9.59 Å². The zero-order chi connectivity index (χ0) is 9.84. The van der Waals surface area contributed by atoms with Gasteiger partial charge in [0, 0.05) is 14.8 Å². The fourth-order valence-electron chi connectivity index (χ4n) is 1.49. The molecule has 1 atom stereocenters. The maximum atomic E-state index is 11.2. The van der Waals surface area contributed by atoms with Crippen molar-refractivity contribution in [2.75, 3.05) is 6.54 Å². The maximum Gasteiger partial charge on any atom is 0.326 e. The Kier molecular flexibility index (Phi) is 2.25. The fraction of sp³-hybridized carbons (Fsp3) is 0.750. The van der Waals surface area contributed by atoms with E-state index in [1.54, 1.807) is 0 Å². The lowest BCUT2D eigenvalue weighted by Gasteiger charge is -2.31. The summed E-state index contributed by atoms with van der Waals surface area (Å²) in [6.45, 7) is 0.123. The van der Waals surface area contributed by atoms with E-state index in [0.717, 1.165) is 12.8 Å². The summed E-state index contributed by atoms with van der Waals surface area (Å²) in [6.07, 6.45) is 2.20. The number of carboxylic acid groups (broad SMARTS) is 1. The van der Waals surface area contributed by atoms with Crippen LogP contribution in [0.25, 0.3) is 0 Å². The Morgan fingerprint density at radius 2 is 2.33 bits per heavy atom. The molecule has 12 heavy (non-hydrogen) atoms. The van der Waals surface area contributed by atoms with E-state index in [4.69, 9.17) is 6.48 Å². The minimum atomic E-state index is -0.957. The Bertz CT molecular complexity index is 219. The molecule has 0 aromatic rings. The van der Waals surface area contributed by atoms with Crippen molar-refractivity contribution < 1.29 is 16.1 Å². The summed E-state index contributed by atoms with van der Waals surface area (Å²) in [5.74, 6) is -1.34. The highest BCUT2D eigenvalue weighted by atomic mass is 16.4. The van der Waals surface area contributed by atoms with Gasteiger partial charge < -0.3 is 10.0 Å². The van der Waals surface area contributed by atoms with E-state index in [-0.39, 0.29) is 12.8 Å². The van der Waals surface area contributed by atoms with Crippen LogP contribution in [-0.4, -0.2) is 34.5 Å². The van der Waals surface area contributed by atoms with Crippen LogP contribution in [0.4, 0.5) is 0 Å². The van der Waals surface area contributed by atoms with Gasteiger partial charge in [-0.15, -0.1) is 0 Å². The third-order valence-corrected chi connectivity index (χ3v) is 2.11. The standard InChI is InChI=1S/C8H13NO3/c1-6(10)9-5-3-2-4-7(9)8(11)12/h7H,2-5H2,1H3,(H,11,12)/t7-/m0/s1/i1D. The Balaban J connectivity index is 2.67. The molecule has 1 N–H and O–H groups in total. The molecule has 0 aromatic carbocycles. The number of amides is 1. The van der Waals surface area contributed by atoms with Crippen LogP contribution in [0.1, 0.15) is 27.5 Å². The molecular weight excluding hydrogens is 158 g/mol. The predicted molar refractivity (Wildman–Crippen MR) is 42.7 cm³/mol. The number of carbonyl (C=O) groups excluding carboxylic acids is 1. The molecule has 1 aliphatic heterocycles. The zero-order valence-electron chi connectivity index (χ0n) is 7.82. The first kappa shape index (κ1) is 7.58. The number of carbonyl (C=O) groups is 2. The second-order valence-corrected chi connectivity index (χ2v) is 2.94. The lowest BCUT2D eigenvalue weighted by atomic mass is 10.0. The molecule has 1 heterocycles. The normalized spacial score (nSPS) is 24.8. The van der Waals surface area contributed by atoms with Gasteiger partial charge in [-0.05, 0) is 19.3 Å². The van der Waals surface area contributed by atoms with Gasteiger partial charge in [0.2, 0.25) is 5.91 Å². The molecule has 1 fully saturated rings. The highest BCUT2D eigenvalue weighted by Crippen LogP contribution is 2.16. The van der Waals surface area contributed by atoms with Crippen LogP contribution in [0.3, 0.4) is 0 Å². The third kappa shape index (κ3) is 1.75. The zero-order valence-corrected chi connectivity index (χ0v) is 6.82. The number of carboxylic acids is 1. The maximum absolute atomic E-state index is 11.2.